The number of carbonyl (C=O) groups is 2. The van der Waals surface area contributed by atoms with Crippen LogP contribution in [0.5, 0.6) is 0 Å². The Morgan fingerprint density at radius 2 is 1.74 bits per heavy atom. The molecule has 2 fully saturated rings. The number of carbonyl (C=O) groups excluding carboxylic acids is 1. The van der Waals surface area contributed by atoms with Gasteiger partial charge in [0.15, 0.2) is 5.69 Å². The van der Waals surface area contributed by atoms with Gasteiger partial charge in [0.1, 0.15) is 5.82 Å². The maximum Gasteiger partial charge on any atom is 0.435 e. The molecule has 0 bridgehead atoms. The van der Waals surface area contributed by atoms with Gasteiger partial charge in [-0.25, -0.2) is 4.39 Å². The van der Waals surface area contributed by atoms with Crippen molar-refractivity contribution in [2.24, 2.45) is 17.8 Å². The Hall–Kier alpha value is -2.95. The monoisotopic (exact) mass is 494 g/mol. The molecule has 5 rings (SSSR count). The van der Waals surface area contributed by atoms with Crippen molar-refractivity contribution in [2.75, 3.05) is 26.2 Å². The fraction of sp³-hybridized carbons (Fsp3) is 0.542. The van der Waals surface area contributed by atoms with Crippen molar-refractivity contribution in [3.63, 3.8) is 0 Å². The Labute approximate surface area is 199 Å². The van der Waals surface area contributed by atoms with E-state index in [1.807, 2.05) is 4.90 Å². The van der Waals surface area contributed by atoms with Crippen LogP contribution in [-0.4, -0.2) is 62.7 Å². The normalized spacial score (nSPS) is 24.5. The van der Waals surface area contributed by atoms with E-state index in [1.54, 1.807) is 4.90 Å². The smallest absolute Gasteiger partial charge is 0.435 e. The number of alkyl halides is 3. The van der Waals surface area contributed by atoms with Crippen molar-refractivity contribution in [3.8, 4) is 0 Å². The highest BCUT2D eigenvalue weighted by Gasteiger charge is 2.44. The van der Waals surface area contributed by atoms with E-state index in [4.69, 9.17) is 0 Å². The molecule has 3 heterocycles. The highest BCUT2D eigenvalue weighted by molar-refractivity contribution is 5.78. The molecule has 1 saturated carbocycles. The van der Waals surface area contributed by atoms with Crippen molar-refractivity contribution in [1.29, 1.82) is 0 Å². The summed E-state index contributed by atoms with van der Waals surface area (Å²) in [7, 11) is 0. The molecule has 1 saturated heterocycles. The first kappa shape index (κ1) is 23.8. The third kappa shape index (κ3) is 4.78. The maximum atomic E-state index is 13.6. The van der Waals surface area contributed by atoms with E-state index >= 15 is 0 Å². The summed E-state index contributed by atoms with van der Waals surface area (Å²) in [5.74, 6) is -1.14. The molecule has 1 amide bonds. The van der Waals surface area contributed by atoms with Crippen LogP contribution in [0.1, 0.15) is 35.4 Å². The number of carboxylic acid groups (broad SMARTS) is 1. The Kier molecular flexibility index (Phi) is 6.06. The maximum absolute atomic E-state index is 13.6. The van der Waals surface area contributed by atoms with E-state index in [1.165, 1.54) is 28.9 Å². The molecule has 11 heteroatoms. The third-order valence-electron chi connectivity index (χ3n) is 7.54. The van der Waals surface area contributed by atoms with E-state index in [9.17, 15) is 32.3 Å². The number of aromatic nitrogens is 2. The van der Waals surface area contributed by atoms with Crippen LogP contribution in [-0.2, 0) is 35.3 Å². The zero-order chi connectivity index (χ0) is 24.9. The number of fused-ring (bicyclic) bond motifs is 2. The lowest BCUT2D eigenvalue weighted by Gasteiger charge is -2.30. The van der Waals surface area contributed by atoms with Gasteiger partial charge < -0.3 is 10.0 Å². The number of carboxylic acids is 1. The fourth-order valence-electron chi connectivity index (χ4n) is 5.83. The van der Waals surface area contributed by atoms with E-state index in [-0.39, 0.29) is 61.8 Å². The number of likely N-dealkylation sites (tertiary alicyclic amines) is 1. The zero-order valence-electron chi connectivity index (χ0n) is 19.0. The molecule has 0 spiro atoms. The van der Waals surface area contributed by atoms with Crippen LogP contribution in [0.3, 0.4) is 0 Å². The minimum atomic E-state index is -4.61. The molecule has 1 N–H and O–H groups in total. The Balaban J connectivity index is 1.29. The van der Waals surface area contributed by atoms with Crippen molar-refractivity contribution >= 4 is 11.9 Å². The minimum absolute atomic E-state index is 0.0280. The highest BCUT2D eigenvalue weighted by Crippen LogP contribution is 2.41. The molecule has 2 aliphatic heterocycles. The molecule has 35 heavy (non-hydrogen) atoms. The van der Waals surface area contributed by atoms with Crippen molar-refractivity contribution in [3.05, 3.63) is 52.6 Å². The van der Waals surface area contributed by atoms with Crippen molar-refractivity contribution in [2.45, 2.75) is 38.5 Å². The number of hydrogen-bond donors (Lipinski definition) is 1. The lowest BCUT2D eigenvalue weighted by atomic mass is 10.0. The average molecular weight is 494 g/mol. The van der Waals surface area contributed by atoms with E-state index in [0.29, 0.717) is 37.2 Å². The topological polar surface area (TPSA) is 78.7 Å². The number of rotatable bonds is 5. The molecule has 1 aromatic heterocycles. The van der Waals surface area contributed by atoms with Gasteiger partial charge in [-0.15, -0.1) is 0 Å². The molecule has 0 radical (unpaired) electrons. The molecular weight excluding hydrogens is 468 g/mol. The van der Waals surface area contributed by atoms with Gasteiger partial charge in [0.2, 0.25) is 5.91 Å². The molecule has 2 atom stereocenters. The van der Waals surface area contributed by atoms with Gasteiger partial charge in [0.05, 0.1) is 31.2 Å². The molecule has 7 nitrogen and oxygen atoms in total. The molecule has 2 aromatic rings. The standard InChI is InChI=1S/C24H26F4N4O3/c25-18-3-1-14(2-4-18)9-32-20-12-31(6-5-19(20)22(29-32)24(26,27)28)21(33)13-30-10-16-7-15(23(34)35)8-17(16)11-30/h1-4,15-17H,5-13H2,(H,34,35). The van der Waals surface area contributed by atoms with E-state index < -0.39 is 23.7 Å². The molecular formula is C24H26F4N4O3. The molecule has 1 aliphatic carbocycles. The average Bonchev–Trinajstić information content (AvgIpc) is 3.46. The van der Waals surface area contributed by atoms with Crippen LogP contribution in [0.25, 0.3) is 0 Å². The van der Waals surface area contributed by atoms with Crippen molar-refractivity contribution in [1.82, 2.24) is 19.6 Å². The summed E-state index contributed by atoms with van der Waals surface area (Å²) in [6, 6.07) is 5.49. The van der Waals surface area contributed by atoms with Gasteiger partial charge in [0.25, 0.3) is 0 Å². The number of nitrogens with zero attached hydrogens (tertiary/aromatic N) is 4. The summed E-state index contributed by atoms with van der Waals surface area (Å²) >= 11 is 0. The molecule has 1 aromatic carbocycles. The number of benzene rings is 1. The van der Waals surface area contributed by atoms with Gasteiger partial charge >= 0.3 is 12.1 Å². The van der Waals surface area contributed by atoms with Crippen LogP contribution in [0, 0.1) is 23.6 Å². The second-order valence-electron chi connectivity index (χ2n) is 9.84. The molecule has 188 valence electrons. The van der Waals surface area contributed by atoms with Gasteiger partial charge in [-0.1, -0.05) is 12.1 Å². The number of aliphatic carboxylic acids is 1. The predicted molar refractivity (Wildman–Crippen MR) is 116 cm³/mol. The number of hydrogen-bond acceptors (Lipinski definition) is 4. The molecule has 3 aliphatic rings. The minimum Gasteiger partial charge on any atom is -0.481 e. The van der Waals surface area contributed by atoms with Crippen molar-refractivity contribution < 1.29 is 32.3 Å². The quantitative estimate of drug-likeness (QED) is 0.647. The summed E-state index contributed by atoms with van der Waals surface area (Å²) in [6.45, 7) is 1.75. The van der Waals surface area contributed by atoms with E-state index in [0.717, 1.165) is 0 Å². The lowest BCUT2D eigenvalue weighted by Crippen LogP contribution is -2.43. The second kappa shape index (κ2) is 8.92. The van der Waals surface area contributed by atoms with Crippen LogP contribution in [0.2, 0.25) is 0 Å². The summed E-state index contributed by atoms with van der Waals surface area (Å²) in [4.78, 5) is 27.9. The van der Waals surface area contributed by atoms with Crippen LogP contribution in [0.15, 0.2) is 24.3 Å². The Morgan fingerprint density at radius 3 is 2.34 bits per heavy atom. The van der Waals surface area contributed by atoms with Crippen LogP contribution >= 0.6 is 0 Å². The van der Waals surface area contributed by atoms with Crippen LogP contribution in [0.4, 0.5) is 17.6 Å². The Bertz CT molecular complexity index is 1120. The summed E-state index contributed by atoms with van der Waals surface area (Å²) in [6.07, 6.45) is -3.29. The summed E-state index contributed by atoms with van der Waals surface area (Å²) in [5, 5.41) is 13.1. The van der Waals surface area contributed by atoms with Gasteiger partial charge in [-0.05, 0) is 48.8 Å². The summed E-state index contributed by atoms with van der Waals surface area (Å²) < 4.78 is 55.5. The number of amides is 1. The van der Waals surface area contributed by atoms with Crippen LogP contribution < -0.4 is 0 Å². The largest absolute Gasteiger partial charge is 0.481 e. The first-order valence-electron chi connectivity index (χ1n) is 11.7. The summed E-state index contributed by atoms with van der Waals surface area (Å²) in [5.41, 5.74) is 0.141. The second-order valence-corrected chi connectivity index (χ2v) is 9.84. The first-order valence-corrected chi connectivity index (χ1v) is 11.7. The third-order valence-corrected chi connectivity index (χ3v) is 7.54. The predicted octanol–water partition coefficient (Wildman–Crippen LogP) is 3.02. The van der Waals surface area contributed by atoms with Gasteiger partial charge in [0, 0.05) is 25.2 Å². The number of halogens is 4. The lowest BCUT2D eigenvalue weighted by molar-refractivity contribution is -0.143. The Morgan fingerprint density at radius 1 is 1.09 bits per heavy atom. The SMILES string of the molecule is O=C(O)C1CC2CN(CC(=O)N3CCc4c(C(F)(F)F)nn(Cc5ccc(F)cc5)c4C3)CC2C1. The van der Waals surface area contributed by atoms with Gasteiger partial charge in [-0.2, -0.15) is 18.3 Å². The molecule has 2 unspecified atom stereocenters. The fourth-order valence-corrected chi connectivity index (χ4v) is 5.83. The zero-order valence-corrected chi connectivity index (χ0v) is 19.0. The highest BCUT2D eigenvalue weighted by atomic mass is 19.4. The van der Waals surface area contributed by atoms with Gasteiger partial charge in [-0.3, -0.25) is 19.2 Å². The first-order chi connectivity index (χ1) is 16.6. The van der Waals surface area contributed by atoms with E-state index in [2.05, 4.69) is 5.10 Å².